The molecule has 104 valence electrons. The van der Waals surface area contributed by atoms with E-state index in [-0.39, 0.29) is 25.0 Å². The molecule has 0 aliphatic carbocycles. The van der Waals surface area contributed by atoms with Crippen LogP contribution in [-0.4, -0.2) is 43.3 Å². The number of amides is 2. The normalized spacial score (nSPS) is 10.0. The molecule has 0 fully saturated rings. The lowest BCUT2D eigenvalue weighted by Gasteiger charge is -2.07. The van der Waals surface area contributed by atoms with Crippen LogP contribution in [0.5, 0.6) is 0 Å². The van der Waals surface area contributed by atoms with Gasteiger partial charge >= 0.3 is 0 Å². The number of rotatable bonds is 7. The van der Waals surface area contributed by atoms with Crippen LogP contribution in [0.2, 0.25) is 0 Å². The van der Waals surface area contributed by atoms with E-state index in [1.54, 1.807) is 24.3 Å². The van der Waals surface area contributed by atoms with Crippen molar-refractivity contribution in [3.05, 3.63) is 29.8 Å². The molecule has 1 aromatic carbocycles. The molecule has 0 atom stereocenters. The molecule has 19 heavy (non-hydrogen) atoms. The van der Waals surface area contributed by atoms with E-state index in [0.717, 1.165) is 0 Å². The van der Waals surface area contributed by atoms with Crippen LogP contribution >= 0.6 is 0 Å². The molecule has 0 aliphatic rings. The van der Waals surface area contributed by atoms with E-state index in [2.05, 4.69) is 10.6 Å². The van der Waals surface area contributed by atoms with E-state index < -0.39 is 0 Å². The van der Waals surface area contributed by atoms with Crippen molar-refractivity contribution in [2.75, 3.05) is 31.7 Å². The summed E-state index contributed by atoms with van der Waals surface area (Å²) in [6.07, 6.45) is 0. The maximum Gasteiger partial charge on any atom is 0.251 e. The zero-order valence-corrected chi connectivity index (χ0v) is 10.8. The number of hydrogen-bond donors (Lipinski definition) is 3. The van der Waals surface area contributed by atoms with Gasteiger partial charge in [-0.05, 0) is 18.2 Å². The Morgan fingerprint density at radius 3 is 2.79 bits per heavy atom. The van der Waals surface area contributed by atoms with Crippen LogP contribution in [0.4, 0.5) is 5.69 Å². The highest BCUT2D eigenvalue weighted by Gasteiger charge is 2.06. The van der Waals surface area contributed by atoms with Gasteiger partial charge in [-0.15, -0.1) is 0 Å². The molecule has 0 heterocycles. The predicted octanol–water partition coefficient (Wildman–Crippen LogP) is 0.384. The zero-order chi connectivity index (χ0) is 14.1. The van der Waals surface area contributed by atoms with E-state index in [1.807, 2.05) is 0 Å². The second-order valence-electron chi connectivity index (χ2n) is 3.85. The van der Waals surface area contributed by atoms with E-state index in [1.165, 1.54) is 6.92 Å². The lowest BCUT2D eigenvalue weighted by atomic mass is 10.2. The van der Waals surface area contributed by atoms with Gasteiger partial charge in [0.05, 0.1) is 19.8 Å². The van der Waals surface area contributed by atoms with Crippen LogP contribution in [0, 0.1) is 0 Å². The molecule has 6 heteroatoms. The van der Waals surface area contributed by atoms with Crippen molar-refractivity contribution in [2.24, 2.45) is 0 Å². The Morgan fingerprint density at radius 2 is 2.11 bits per heavy atom. The number of nitrogens with one attached hydrogen (secondary N) is 2. The molecule has 6 nitrogen and oxygen atoms in total. The highest BCUT2D eigenvalue weighted by atomic mass is 16.5. The van der Waals surface area contributed by atoms with E-state index in [4.69, 9.17) is 9.84 Å². The van der Waals surface area contributed by atoms with Crippen LogP contribution in [-0.2, 0) is 9.53 Å². The van der Waals surface area contributed by atoms with Gasteiger partial charge in [0.1, 0.15) is 0 Å². The third-order valence-corrected chi connectivity index (χ3v) is 2.21. The van der Waals surface area contributed by atoms with Crippen molar-refractivity contribution in [3.63, 3.8) is 0 Å². The van der Waals surface area contributed by atoms with Crippen LogP contribution in [0.25, 0.3) is 0 Å². The second kappa shape index (κ2) is 8.23. The minimum absolute atomic E-state index is 0.0350. The molecular weight excluding hydrogens is 248 g/mol. The quantitative estimate of drug-likeness (QED) is 0.623. The largest absolute Gasteiger partial charge is 0.394 e. The Bertz CT molecular complexity index is 434. The molecule has 0 bridgehead atoms. The van der Waals surface area contributed by atoms with E-state index in [9.17, 15) is 9.59 Å². The minimum atomic E-state index is -0.236. The fourth-order valence-corrected chi connectivity index (χ4v) is 1.45. The third-order valence-electron chi connectivity index (χ3n) is 2.21. The molecule has 1 aromatic rings. The van der Waals surface area contributed by atoms with Gasteiger partial charge in [-0.1, -0.05) is 6.07 Å². The Hall–Kier alpha value is -1.92. The van der Waals surface area contributed by atoms with Crippen molar-refractivity contribution in [2.45, 2.75) is 6.92 Å². The standard InChI is InChI=1S/C13H18N2O4/c1-10(17)15-12-4-2-3-11(9-12)13(18)14-5-7-19-8-6-16/h2-4,9,16H,5-8H2,1H3,(H,14,18)(H,15,17). The van der Waals surface area contributed by atoms with Gasteiger partial charge in [0, 0.05) is 24.7 Å². The second-order valence-corrected chi connectivity index (χ2v) is 3.85. The molecule has 0 radical (unpaired) electrons. The van der Waals surface area contributed by atoms with Gasteiger partial charge in [-0.2, -0.15) is 0 Å². The monoisotopic (exact) mass is 266 g/mol. The molecule has 0 spiro atoms. The summed E-state index contributed by atoms with van der Waals surface area (Å²) >= 11 is 0. The van der Waals surface area contributed by atoms with Gasteiger partial charge in [0.2, 0.25) is 5.91 Å². The number of benzene rings is 1. The van der Waals surface area contributed by atoms with E-state index >= 15 is 0 Å². The number of hydrogen-bond acceptors (Lipinski definition) is 4. The minimum Gasteiger partial charge on any atom is -0.394 e. The summed E-state index contributed by atoms with van der Waals surface area (Å²) in [6, 6.07) is 6.67. The Morgan fingerprint density at radius 1 is 1.32 bits per heavy atom. The molecule has 0 unspecified atom stereocenters. The van der Waals surface area contributed by atoms with Crippen LogP contribution in [0.1, 0.15) is 17.3 Å². The van der Waals surface area contributed by atoms with Crippen molar-refractivity contribution in [1.29, 1.82) is 0 Å². The number of anilines is 1. The lowest BCUT2D eigenvalue weighted by Crippen LogP contribution is -2.27. The smallest absolute Gasteiger partial charge is 0.251 e. The number of ether oxygens (including phenoxy) is 1. The summed E-state index contributed by atoms with van der Waals surface area (Å²) in [5, 5.41) is 13.8. The molecule has 0 saturated heterocycles. The highest BCUT2D eigenvalue weighted by molar-refractivity contribution is 5.96. The van der Waals surface area contributed by atoms with Crippen molar-refractivity contribution in [1.82, 2.24) is 5.32 Å². The SMILES string of the molecule is CC(=O)Nc1cccc(C(=O)NCCOCCO)c1. The molecule has 0 saturated carbocycles. The Kier molecular flexibility index (Phi) is 6.56. The summed E-state index contributed by atoms with van der Waals surface area (Å²) in [5.74, 6) is -0.422. The average Bonchev–Trinajstić information content (AvgIpc) is 2.38. The molecule has 0 aliphatic heterocycles. The first-order chi connectivity index (χ1) is 9.13. The summed E-state index contributed by atoms with van der Waals surface area (Å²) in [5.41, 5.74) is 1.05. The molecule has 2 amide bonds. The van der Waals surface area contributed by atoms with Crippen molar-refractivity contribution >= 4 is 17.5 Å². The van der Waals surface area contributed by atoms with Crippen LogP contribution < -0.4 is 10.6 Å². The van der Waals surface area contributed by atoms with Crippen molar-refractivity contribution in [3.8, 4) is 0 Å². The van der Waals surface area contributed by atoms with Gasteiger partial charge in [-0.25, -0.2) is 0 Å². The first-order valence-corrected chi connectivity index (χ1v) is 5.98. The number of carbonyl (C=O) groups excluding carboxylic acids is 2. The Labute approximate surface area is 111 Å². The topological polar surface area (TPSA) is 87.7 Å². The molecule has 1 rings (SSSR count). The number of carbonyl (C=O) groups is 2. The summed E-state index contributed by atoms with van der Waals surface area (Å²) in [4.78, 5) is 22.7. The first-order valence-electron chi connectivity index (χ1n) is 5.98. The van der Waals surface area contributed by atoms with E-state index in [0.29, 0.717) is 24.4 Å². The zero-order valence-electron chi connectivity index (χ0n) is 10.8. The summed E-state index contributed by atoms with van der Waals surface area (Å²) in [7, 11) is 0. The average molecular weight is 266 g/mol. The van der Waals surface area contributed by atoms with Gasteiger partial charge in [0.25, 0.3) is 5.91 Å². The maximum absolute atomic E-state index is 11.8. The van der Waals surface area contributed by atoms with Crippen LogP contribution in [0.15, 0.2) is 24.3 Å². The molecular formula is C13H18N2O4. The van der Waals surface area contributed by atoms with Crippen molar-refractivity contribution < 1.29 is 19.4 Å². The maximum atomic E-state index is 11.8. The third kappa shape index (κ3) is 5.98. The molecule has 0 aromatic heterocycles. The van der Waals surface area contributed by atoms with Gasteiger partial charge in [-0.3, -0.25) is 9.59 Å². The summed E-state index contributed by atoms with van der Waals surface area (Å²) < 4.78 is 5.02. The fourth-order valence-electron chi connectivity index (χ4n) is 1.45. The van der Waals surface area contributed by atoms with Gasteiger partial charge < -0.3 is 20.5 Å². The highest BCUT2D eigenvalue weighted by Crippen LogP contribution is 2.10. The van der Waals surface area contributed by atoms with Gasteiger partial charge in [0.15, 0.2) is 0 Å². The molecule has 3 N–H and O–H groups in total. The summed E-state index contributed by atoms with van der Waals surface area (Å²) in [6.45, 7) is 2.34. The van der Waals surface area contributed by atoms with Crippen LogP contribution in [0.3, 0.4) is 0 Å². The number of aliphatic hydroxyl groups excluding tert-OH is 1. The Balaban J connectivity index is 2.45. The lowest BCUT2D eigenvalue weighted by molar-refractivity contribution is -0.114. The number of aliphatic hydroxyl groups is 1. The fraction of sp³-hybridized carbons (Fsp3) is 0.385. The first kappa shape index (κ1) is 15.1. The predicted molar refractivity (Wildman–Crippen MR) is 71.0 cm³/mol.